The van der Waals surface area contributed by atoms with Gasteiger partial charge in [0.15, 0.2) is 0 Å². The SMILES string of the molecule is O=C(NCc1cccc(Br)c1)c1cccnc1Nc1cccc(F)c1. The average molecular weight is 400 g/mol. The van der Waals surface area contributed by atoms with Crippen molar-refractivity contribution >= 4 is 33.3 Å². The summed E-state index contributed by atoms with van der Waals surface area (Å²) in [6.07, 6.45) is 1.58. The zero-order valence-corrected chi connectivity index (χ0v) is 14.8. The molecule has 0 unspecified atom stereocenters. The van der Waals surface area contributed by atoms with Crippen molar-refractivity contribution in [2.75, 3.05) is 5.32 Å². The molecule has 0 saturated heterocycles. The third-order valence-electron chi connectivity index (χ3n) is 3.48. The number of halogens is 2. The summed E-state index contributed by atoms with van der Waals surface area (Å²) in [5.74, 6) is -0.242. The fraction of sp³-hybridized carbons (Fsp3) is 0.0526. The molecule has 0 bridgehead atoms. The molecule has 3 aromatic rings. The summed E-state index contributed by atoms with van der Waals surface area (Å²) in [4.78, 5) is 16.7. The number of rotatable bonds is 5. The molecule has 0 fully saturated rings. The fourth-order valence-corrected chi connectivity index (χ4v) is 2.76. The third-order valence-corrected chi connectivity index (χ3v) is 3.98. The molecular formula is C19H15BrFN3O. The van der Waals surface area contributed by atoms with E-state index in [4.69, 9.17) is 0 Å². The van der Waals surface area contributed by atoms with Crippen LogP contribution < -0.4 is 10.6 Å². The molecule has 1 aromatic heterocycles. The van der Waals surface area contributed by atoms with Gasteiger partial charge < -0.3 is 10.6 Å². The molecule has 1 amide bonds. The molecule has 25 heavy (non-hydrogen) atoms. The van der Waals surface area contributed by atoms with Gasteiger partial charge in [0, 0.05) is 22.9 Å². The van der Waals surface area contributed by atoms with Gasteiger partial charge in [-0.3, -0.25) is 4.79 Å². The maximum Gasteiger partial charge on any atom is 0.255 e. The number of nitrogens with one attached hydrogen (secondary N) is 2. The number of anilines is 2. The van der Waals surface area contributed by atoms with Gasteiger partial charge in [-0.15, -0.1) is 0 Å². The van der Waals surface area contributed by atoms with E-state index in [2.05, 4.69) is 31.5 Å². The molecule has 126 valence electrons. The van der Waals surface area contributed by atoms with Gasteiger partial charge in [0.2, 0.25) is 0 Å². The highest BCUT2D eigenvalue weighted by atomic mass is 79.9. The van der Waals surface area contributed by atoms with Crippen LogP contribution in [0.1, 0.15) is 15.9 Å². The lowest BCUT2D eigenvalue weighted by Gasteiger charge is -2.11. The first kappa shape index (κ1) is 17.1. The number of hydrogen-bond acceptors (Lipinski definition) is 3. The minimum atomic E-state index is -0.360. The number of hydrogen-bond donors (Lipinski definition) is 2. The number of aromatic nitrogens is 1. The zero-order chi connectivity index (χ0) is 17.6. The van der Waals surface area contributed by atoms with Gasteiger partial charge in [0.25, 0.3) is 5.91 Å². The van der Waals surface area contributed by atoms with Gasteiger partial charge in [-0.1, -0.05) is 34.1 Å². The number of carbonyl (C=O) groups is 1. The van der Waals surface area contributed by atoms with Gasteiger partial charge in [-0.25, -0.2) is 9.37 Å². The van der Waals surface area contributed by atoms with Crippen LogP contribution in [-0.2, 0) is 6.54 Å². The van der Waals surface area contributed by atoms with Crippen LogP contribution in [0.3, 0.4) is 0 Å². The first-order valence-corrected chi connectivity index (χ1v) is 8.41. The topological polar surface area (TPSA) is 54.0 Å². The highest BCUT2D eigenvalue weighted by Gasteiger charge is 2.12. The fourth-order valence-electron chi connectivity index (χ4n) is 2.32. The van der Waals surface area contributed by atoms with E-state index in [9.17, 15) is 9.18 Å². The van der Waals surface area contributed by atoms with Crippen LogP contribution >= 0.6 is 15.9 Å². The van der Waals surface area contributed by atoms with Gasteiger partial charge in [-0.05, 0) is 48.0 Å². The number of nitrogens with zero attached hydrogens (tertiary/aromatic N) is 1. The van der Waals surface area contributed by atoms with Crippen molar-refractivity contribution in [3.63, 3.8) is 0 Å². The van der Waals surface area contributed by atoms with E-state index in [1.165, 1.54) is 12.1 Å². The van der Waals surface area contributed by atoms with Crippen molar-refractivity contribution in [1.82, 2.24) is 10.3 Å². The molecule has 0 saturated carbocycles. The molecule has 0 atom stereocenters. The molecule has 4 nitrogen and oxygen atoms in total. The Bertz CT molecular complexity index is 901. The first-order valence-electron chi connectivity index (χ1n) is 7.62. The van der Waals surface area contributed by atoms with Crippen LogP contribution in [0.15, 0.2) is 71.3 Å². The Balaban J connectivity index is 1.74. The number of benzene rings is 2. The van der Waals surface area contributed by atoms with E-state index in [-0.39, 0.29) is 11.7 Å². The smallest absolute Gasteiger partial charge is 0.255 e. The molecule has 0 aliphatic rings. The lowest BCUT2D eigenvalue weighted by atomic mass is 10.2. The Morgan fingerprint density at radius 2 is 1.92 bits per heavy atom. The summed E-state index contributed by atoms with van der Waals surface area (Å²) in [6.45, 7) is 0.395. The van der Waals surface area contributed by atoms with Crippen LogP contribution in [-0.4, -0.2) is 10.9 Å². The standard InChI is InChI=1S/C19H15BrFN3O/c20-14-5-1-4-13(10-14)12-23-19(25)17-8-3-9-22-18(17)24-16-7-2-6-15(21)11-16/h1-11H,12H2,(H,22,24)(H,23,25). The highest BCUT2D eigenvalue weighted by molar-refractivity contribution is 9.10. The monoisotopic (exact) mass is 399 g/mol. The van der Waals surface area contributed by atoms with Crippen LogP contribution in [0.25, 0.3) is 0 Å². The summed E-state index contributed by atoms with van der Waals surface area (Å²) in [6, 6.07) is 17.1. The second-order valence-electron chi connectivity index (χ2n) is 5.35. The maximum absolute atomic E-state index is 13.3. The van der Waals surface area contributed by atoms with Crippen molar-refractivity contribution in [1.29, 1.82) is 0 Å². The van der Waals surface area contributed by atoms with Crippen molar-refractivity contribution in [2.24, 2.45) is 0 Å². The van der Waals surface area contributed by atoms with Gasteiger partial charge in [-0.2, -0.15) is 0 Å². The van der Waals surface area contributed by atoms with Crippen molar-refractivity contribution in [3.05, 3.63) is 88.3 Å². The summed E-state index contributed by atoms with van der Waals surface area (Å²) in [5.41, 5.74) is 1.90. The van der Waals surface area contributed by atoms with E-state index in [0.717, 1.165) is 10.0 Å². The number of amides is 1. The maximum atomic E-state index is 13.3. The molecule has 2 aromatic carbocycles. The minimum Gasteiger partial charge on any atom is -0.348 e. The van der Waals surface area contributed by atoms with Gasteiger partial charge in [0.05, 0.1) is 5.56 Å². The third kappa shape index (κ3) is 4.64. The molecule has 1 heterocycles. The second-order valence-corrected chi connectivity index (χ2v) is 6.26. The summed E-state index contributed by atoms with van der Waals surface area (Å²) in [7, 11) is 0. The molecule has 0 spiro atoms. The Kier molecular flexibility index (Phi) is 5.40. The Hall–Kier alpha value is -2.73. The molecule has 3 rings (SSSR count). The van der Waals surface area contributed by atoms with E-state index in [0.29, 0.717) is 23.6 Å². The normalized spacial score (nSPS) is 10.3. The molecule has 0 aliphatic heterocycles. The Morgan fingerprint density at radius 1 is 1.08 bits per heavy atom. The first-order chi connectivity index (χ1) is 12.1. The van der Waals surface area contributed by atoms with Crippen LogP contribution in [0.4, 0.5) is 15.9 Å². The summed E-state index contributed by atoms with van der Waals surface area (Å²) < 4.78 is 14.3. The van der Waals surface area contributed by atoms with Gasteiger partial charge >= 0.3 is 0 Å². The predicted octanol–water partition coefficient (Wildman–Crippen LogP) is 4.66. The minimum absolute atomic E-state index is 0.257. The van der Waals surface area contributed by atoms with Crippen LogP contribution in [0, 0.1) is 5.82 Å². The highest BCUT2D eigenvalue weighted by Crippen LogP contribution is 2.19. The number of pyridine rings is 1. The van der Waals surface area contributed by atoms with E-state index in [1.54, 1.807) is 30.5 Å². The summed E-state index contributed by atoms with van der Waals surface area (Å²) in [5, 5.41) is 5.85. The summed E-state index contributed by atoms with van der Waals surface area (Å²) >= 11 is 3.41. The lowest BCUT2D eigenvalue weighted by molar-refractivity contribution is 0.0951. The Labute approximate surface area is 153 Å². The van der Waals surface area contributed by atoms with Gasteiger partial charge in [0.1, 0.15) is 11.6 Å². The predicted molar refractivity (Wildman–Crippen MR) is 99.2 cm³/mol. The van der Waals surface area contributed by atoms with E-state index in [1.807, 2.05) is 24.3 Å². The molecule has 0 aliphatic carbocycles. The quantitative estimate of drug-likeness (QED) is 0.655. The molecule has 2 N–H and O–H groups in total. The molecule has 0 radical (unpaired) electrons. The second kappa shape index (κ2) is 7.90. The molecular weight excluding hydrogens is 385 g/mol. The van der Waals surface area contributed by atoms with E-state index < -0.39 is 0 Å². The average Bonchev–Trinajstić information content (AvgIpc) is 2.60. The zero-order valence-electron chi connectivity index (χ0n) is 13.2. The van der Waals surface area contributed by atoms with Crippen LogP contribution in [0.5, 0.6) is 0 Å². The van der Waals surface area contributed by atoms with Crippen molar-refractivity contribution in [3.8, 4) is 0 Å². The largest absolute Gasteiger partial charge is 0.348 e. The lowest BCUT2D eigenvalue weighted by Crippen LogP contribution is -2.24. The van der Waals surface area contributed by atoms with Crippen molar-refractivity contribution in [2.45, 2.75) is 6.54 Å². The Morgan fingerprint density at radius 3 is 2.72 bits per heavy atom. The van der Waals surface area contributed by atoms with E-state index >= 15 is 0 Å². The van der Waals surface area contributed by atoms with Crippen LogP contribution in [0.2, 0.25) is 0 Å². The molecule has 6 heteroatoms. The number of carbonyl (C=O) groups excluding carboxylic acids is 1. The van der Waals surface area contributed by atoms with Crippen molar-refractivity contribution < 1.29 is 9.18 Å².